The first-order chi connectivity index (χ1) is 15.6. The number of carbonyl (C=O) groups is 1. The molecular weight excluding hydrogens is 398 g/mol. The fraction of sp³-hybridized carbons (Fsp3) is 0.321. The van der Waals surface area contributed by atoms with E-state index in [1.165, 1.54) is 11.1 Å². The quantitative estimate of drug-likeness (QED) is 0.485. The van der Waals surface area contributed by atoms with Gasteiger partial charge in [-0.05, 0) is 68.0 Å². The molecule has 0 aromatic heterocycles. The van der Waals surface area contributed by atoms with Gasteiger partial charge in [-0.15, -0.1) is 0 Å². The predicted octanol–water partition coefficient (Wildman–Crippen LogP) is 5.68. The van der Waals surface area contributed by atoms with Crippen molar-refractivity contribution in [3.63, 3.8) is 0 Å². The molecule has 0 radical (unpaired) electrons. The Morgan fingerprint density at radius 2 is 1.69 bits per heavy atom. The van der Waals surface area contributed by atoms with Gasteiger partial charge in [0.05, 0.1) is 7.11 Å². The minimum Gasteiger partial charge on any atom is -0.496 e. The number of benzene rings is 3. The van der Waals surface area contributed by atoms with Gasteiger partial charge in [-0.3, -0.25) is 4.79 Å². The predicted molar refractivity (Wildman–Crippen MR) is 127 cm³/mol. The maximum absolute atomic E-state index is 13.2. The summed E-state index contributed by atoms with van der Waals surface area (Å²) in [5.74, 6) is 2.25. The highest BCUT2D eigenvalue weighted by Gasteiger charge is 2.24. The van der Waals surface area contributed by atoms with Crippen molar-refractivity contribution in [2.24, 2.45) is 5.92 Å². The summed E-state index contributed by atoms with van der Waals surface area (Å²) >= 11 is 0. The third-order valence-corrected chi connectivity index (χ3v) is 6.21. The molecule has 1 amide bonds. The van der Waals surface area contributed by atoms with E-state index in [2.05, 4.69) is 30.3 Å². The number of rotatable bonds is 7. The Labute approximate surface area is 190 Å². The fourth-order valence-electron chi connectivity index (χ4n) is 4.29. The van der Waals surface area contributed by atoms with Crippen molar-refractivity contribution in [3.05, 3.63) is 95.1 Å². The lowest BCUT2D eigenvalue weighted by atomic mass is 9.90. The first-order valence-electron chi connectivity index (χ1n) is 11.3. The van der Waals surface area contributed by atoms with Gasteiger partial charge in [-0.2, -0.15) is 0 Å². The topological polar surface area (TPSA) is 38.8 Å². The van der Waals surface area contributed by atoms with Gasteiger partial charge in [0, 0.05) is 24.2 Å². The summed E-state index contributed by atoms with van der Waals surface area (Å²) in [6.45, 7) is 4.01. The number of aryl methyl sites for hydroxylation is 1. The molecule has 0 atom stereocenters. The smallest absolute Gasteiger partial charge is 0.253 e. The van der Waals surface area contributed by atoms with Crippen LogP contribution in [-0.4, -0.2) is 31.0 Å². The molecule has 4 heteroatoms. The Morgan fingerprint density at radius 1 is 0.969 bits per heavy atom. The maximum Gasteiger partial charge on any atom is 0.253 e. The van der Waals surface area contributed by atoms with Gasteiger partial charge in [-0.25, -0.2) is 0 Å². The van der Waals surface area contributed by atoms with Gasteiger partial charge < -0.3 is 14.4 Å². The number of hydrogen-bond acceptors (Lipinski definition) is 3. The summed E-state index contributed by atoms with van der Waals surface area (Å²) < 4.78 is 11.4. The first kappa shape index (κ1) is 21.9. The van der Waals surface area contributed by atoms with Gasteiger partial charge >= 0.3 is 0 Å². The largest absolute Gasteiger partial charge is 0.496 e. The molecule has 1 heterocycles. The number of ether oxygens (including phenoxy) is 2. The highest BCUT2D eigenvalue weighted by atomic mass is 16.5. The lowest BCUT2D eigenvalue weighted by Gasteiger charge is -2.32. The van der Waals surface area contributed by atoms with E-state index in [1.54, 1.807) is 7.11 Å². The van der Waals surface area contributed by atoms with Crippen LogP contribution in [0.15, 0.2) is 72.8 Å². The van der Waals surface area contributed by atoms with E-state index in [1.807, 2.05) is 54.3 Å². The highest BCUT2D eigenvalue weighted by molar-refractivity contribution is 5.94. The maximum atomic E-state index is 13.2. The van der Waals surface area contributed by atoms with Crippen LogP contribution in [0.1, 0.15) is 39.9 Å². The molecule has 1 fully saturated rings. The lowest BCUT2D eigenvalue weighted by Crippen LogP contribution is -2.39. The van der Waals surface area contributed by atoms with Crippen molar-refractivity contribution in [1.82, 2.24) is 4.90 Å². The molecule has 1 saturated heterocycles. The van der Waals surface area contributed by atoms with E-state index >= 15 is 0 Å². The van der Waals surface area contributed by atoms with Crippen LogP contribution in [0.5, 0.6) is 11.5 Å². The van der Waals surface area contributed by atoms with Crippen LogP contribution >= 0.6 is 0 Å². The summed E-state index contributed by atoms with van der Waals surface area (Å²) in [5, 5.41) is 0. The molecule has 1 aliphatic heterocycles. The third kappa shape index (κ3) is 5.50. The fourth-order valence-corrected chi connectivity index (χ4v) is 4.29. The van der Waals surface area contributed by atoms with Crippen molar-refractivity contribution in [2.45, 2.75) is 32.8 Å². The van der Waals surface area contributed by atoms with Gasteiger partial charge in [0.25, 0.3) is 5.91 Å². The Bertz CT molecular complexity index is 1020. The molecule has 1 aliphatic rings. The van der Waals surface area contributed by atoms with Crippen LogP contribution in [0.2, 0.25) is 0 Å². The molecule has 0 spiro atoms. The van der Waals surface area contributed by atoms with Crippen LogP contribution in [0, 0.1) is 12.8 Å². The number of likely N-dealkylation sites (tertiary alicyclic amines) is 1. The van der Waals surface area contributed by atoms with E-state index in [4.69, 9.17) is 9.47 Å². The van der Waals surface area contributed by atoms with E-state index in [-0.39, 0.29) is 5.91 Å². The van der Waals surface area contributed by atoms with Crippen LogP contribution in [-0.2, 0) is 13.0 Å². The monoisotopic (exact) mass is 429 g/mol. The van der Waals surface area contributed by atoms with E-state index in [0.29, 0.717) is 18.1 Å². The molecule has 166 valence electrons. The normalized spacial score (nSPS) is 14.2. The standard InChI is InChI=1S/C28H31NO3/c1-21-8-11-26(12-9-21)32-20-25-19-24(10-13-27(25)31-2)28(30)29-16-14-23(15-17-29)18-22-6-4-3-5-7-22/h3-13,19,23H,14-18,20H2,1-2H3. The Kier molecular flexibility index (Phi) is 7.10. The lowest BCUT2D eigenvalue weighted by molar-refractivity contribution is 0.0690. The van der Waals surface area contributed by atoms with E-state index < -0.39 is 0 Å². The van der Waals surface area contributed by atoms with Crippen molar-refractivity contribution >= 4 is 5.91 Å². The van der Waals surface area contributed by atoms with Gasteiger partial charge in [0.15, 0.2) is 0 Å². The molecule has 0 aliphatic carbocycles. The average Bonchev–Trinajstić information content (AvgIpc) is 2.84. The Balaban J connectivity index is 1.38. The molecule has 4 rings (SSSR count). The van der Waals surface area contributed by atoms with Crippen molar-refractivity contribution in [3.8, 4) is 11.5 Å². The number of nitrogens with zero attached hydrogens (tertiary/aromatic N) is 1. The minimum absolute atomic E-state index is 0.0856. The zero-order valence-electron chi connectivity index (χ0n) is 18.9. The first-order valence-corrected chi connectivity index (χ1v) is 11.3. The summed E-state index contributed by atoms with van der Waals surface area (Å²) in [5.41, 5.74) is 4.13. The second kappa shape index (κ2) is 10.4. The summed E-state index contributed by atoms with van der Waals surface area (Å²) in [6.07, 6.45) is 3.17. The molecule has 4 nitrogen and oxygen atoms in total. The number of carbonyl (C=O) groups excluding carboxylic acids is 1. The molecule has 32 heavy (non-hydrogen) atoms. The van der Waals surface area contributed by atoms with Crippen molar-refractivity contribution in [2.75, 3.05) is 20.2 Å². The summed E-state index contributed by atoms with van der Waals surface area (Å²) in [4.78, 5) is 15.2. The highest BCUT2D eigenvalue weighted by Crippen LogP contribution is 2.26. The number of amides is 1. The van der Waals surface area contributed by atoms with Crippen LogP contribution in [0.25, 0.3) is 0 Å². The van der Waals surface area contributed by atoms with Gasteiger partial charge in [0.1, 0.15) is 18.1 Å². The third-order valence-electron chi connectivity index (χ3n) is 6.21. The number of methoxy groups -OCH3 is 1. The molecule has 3 aromatic carbocycles. The number of hydrogen-bond donors (Lipinski definition) is 0. The zero-order chi connectivity index (χ0) is 22.3. The van der Waals surface area contributed by atoms with Crippen molar-refractivity contribution in [1.29, 1.82) is 0 Å². The zero-order valence-corrected chi connectivity index (χ0v) is 18.9. The summed E-state index contributed by atoms with van der Waals surface area (Å²) in [6, 6.07) is 24.2. The van der Waals surface area contributed by atoms with Crippen LogP contribution in [0.4, 0.5) is 0 Å². The Hall–Kier alpha value is -3.27. The molecule has 0 saturated carbocycles. The average molecular weight is 430 g/mol. The molecular formula is C28H31NO3. The molecule has 0 unspecified atom stereocenters. The van der Waals surface area contributed by atoms with Gasteiger partial charge in [-0.1, -0.05) is 48.0 Å². The number of piperidine rings is 1. The second-order valence-corrected chi connectivity index (χ2v) is 8.55. The van der Waals surface area contributed by atoms with Crippen LogP contribution < -0.4 is 9.47 Å². The minimum atomic E-state index is 0.0856. The molecule has 0 N–H and O–H groups in total. The Morgan fingerprint density at radius 3 is 2.38 bits per heavy atom. The van der Waals surface area contributed by atoms with Crippen molar-refractivity contribution < 1.29 is 14.3 Å². The second-order valence-electron chi connectivity index (χ2n) is 8.55. The van der Waals surface area contributed by atoms with E-state index in [0.717, 1.165) is 49.4 Å². The van der Waals surface area contributed by atoms with Crippen LogP contribution in [0.3, 0.4) is 0 Å². The van der Waals surface area contributed by atoms with Gasteiger partial charge in [0.2, 0.25) is 0 Å². The molecule has 3 aromatic rings. The van der Waals surface area contributed by atoms with E-state index in [9.17, 15) is 4.79 Å². The SMILES string of the molecule is COc1ccc(C(=O)N2CCC(Cc3ccccc3)CC2)cc1COc1ccc(C)cc1. The summed E-state index contributed by atoms with van der Waals surface area (Å²) in [7, 11) is 1.64. The molecule has 0 bridgehead atoms.